The van der Waals surface area contributed by atoms with Crippen LogP contribution in [-0.4, -0.2) is 14.2 Å². The normalized spacial score (nSPS) is 16.9. The fraction of sp³-hybridized carbons (Fsp3) is 0.571. The van der Waals surface area contributed by atoms with Crippen LogP contribution in [-0.2, 0) is 10.1 Å². The number of rotatable bonds is 5. The molecule has 18 heavy (non-hydrogen) atoms. The average Bonchev–Trinajstić information content (AvgIpc) is 2.82. The summed E-state index contributed by atoms with van der Waals surface area (Å²) in [6.07, 6.45) is 5.66. The van der Waals surface area contributed by atoms with Crippen molar-refractivity contribution in [1.29, 1.82) is 0 Å². The molecule has 1 aliphatic rings. The van der Waals surface area contributed by atoms with E-state index in [1.54, 1.807) is 12.1 Å². The maximum absolute atomic E-state index is 11.5. The van der Waals surface area contributed by atoms with Crippen molar-refractivity contribution < 1.29 is 12.6 Å². The summed E-state index contributed by atoms with van der Waals surface area (Å²) in [5.41, 5.74) is 1.30. The third-order valence-corrected chi connectivity index (χ3v) is 4.74. The van der Waals surface area contributed by atoms with E-state index in [9.17, 15) is 8.42 Å². The molecule has 1 aromatic rings. The van der Waals surface area contributed by atoms with E-state index in [0.717, 1.165) is 0 Å². The Labute approximate surface area is 109 Å². The molecule has 0 aliphatic heterocycles. The van der Waals surface area contributed by atoms with Gasteiger partial charge in [0, 0.05) is 0 Å². The molecule has 0 saturated heterocycles. The molecule has 0 unspecified atom stereocenters. The summed E-state index contributed by atoms with van der Waals surface area (Å²) in [5, 5.41) is 0. The van der Waals surface area contributed by atoms with Crippen molar-refractivity contribution >= 4 is 10.1 Å². The number of hydrogen-bond donors (Lipinski definition) is 0. The Morgan fingerprint density at radius 3 is 2.33 bits per heavy atom. The molecule has 3 nitrogen and oxygen atoms in total. The van der Waals surface area contributed by atoms with Gasteiger partial charge in [0.05, 0.1) is 5.75 Å². The van der Waals surface area contributed by atoms with Crippen molar-refractivity contribution in [2.45, 2.75) is 44.9 Å². The van der Waals surface area contributed by atoms with E-state index in [1.165, 1.54) is 31.2 Å². The Bertz CT molecular complexity index is 470. The Kier molecular flexibility index (Phi) is 4.27. The zero-order chi connectivity index (χ0) is 13.0. The summed E-state index contributed by atoms with van der Waals surface area (Å²) in [4.78, 5) is 0. The van der Waals surface area contributed by atoms with Gasteiger partial charge in [-0.05, 0) is 42.9 Å². The minimum atomic E-state index is -3.42. The maximum atomic E-state index is 11.5. The molecule has 0 radical (unpaired) electrons. The highest BCUT2D eigenvalue weighted by atomic mass is 32.2. The highest BCUT2D eigenvalue weighted by Gasteiger charge is 2.17. The molecule has 4 heteroatoms. The molecule has 2 rings (SSSR count). The molecule has 1 fully saturated rings. The molecule has 0 heterocycles. The molecule has 0 N–H and O–H groups in total. The molecule has 1 aromatic carbocycles. The summed E-state index contributed by atoms with van der Waals surface area (Å²) >= 11 is 0. The van der Waals surface area contributed by atoms with Crippen LogP contribution in [0.1, 0.15) is 50.5 Å². The van der Waals surface area contributed by atoms with Gasteiger partial charge in [-0.1, -0.05) is 31.9 Å². The van der Waals surface area contributed by atoms with E-state index in [4.69, 9.17) is 4.18 Å². The van der Waals surface area contributed by atoms with Crippen LogP contribution in [0.2, 0.25) is 0 Å². The Balaban J connectivity index is 2.03. The van der Waals surface area contributed by atoms with Gasteiger partial charge in [0.2, 0.25) is 0 Å². The quantitative estimate of drug-likeness (QED) is 0.768. The van der Waals surface area contributed by atoms with Crippen molar-refractivity contribution in [1.82, 2.24) is 0 Å². The molecule has 0 amide bonds. The van der Waals surface area contributed by atoms with Gasteiger partial charge >= 0.3 is 10.1 Å². The Morgan fingerprint density at radius 1 is 1.17 bits per heavy atom. The largest absolute Gasteiger partial charge is 0.382 e. The lowest BCUT2D eigenvalue weighted by atomic mass is 9.98. The summed E-state index contributed by atoms with van der Waals surface area (Å²) in [7, 11) is -3.42. The summed E-state index contributed by atoms with van der Waals surface area (Å²) in [5.74, 6) is 1.13. The summed E-state index contributed by atoms with van der Waals surface area (Å²) in [6, 6.07) is 7.52. The topological polar surface area (TPSA) is 43.4 Å². The maximum Gasteiger partial charge on any atom is 0.309 e. The molecule has 1 aliphatic carbocycles. The van der Waals surface area contributed by atoms with Crippen LogP contribution in [0.25, 0.3) is 0 Å². The SMILES string of the molecule is CCCS(=O)(=O)Oc1ccc(C2CCCC2)cc1. The first kappa shape index (κ1) is 13.4. The standard InChI is InChI=1S/C14H20O3S/c1-2-11-18(15,16)17-14-9-7-13(8-10-14)12-5-3-4-6-12/h7-10,12H,2-6,11H2,1H3. The lowest BCUT2D eigenvalue weighted by molar-refractivity contribution is 0.485. The number of hydrogen-bond acceptors (Lipinski definition) is 3. The molecular formula is C14H20O3S. The van der Waals surface area contributed by atoms with E-state index in [1.807, 2.05) is 19.1 Å². The summed E-state index contributed by atoms with van der Waals surface area (Å²) in [6.45, 7) is 1.82. The van der Waals surface area contributed by atoms with Crippen LogP contribution in [0, 0.1) is 0 Å². The van der Waals surface area contributed by atoms with Crippen LogP contribution < -0.4 is 4.18 Å². The minimum absolute atomic E-state index is 0.0668. The first-order chi connectivity index (χ1) is 8.61. The van der Waals surface area contributed by atoms with E-state index >= 15 is 0 Å². The number of benzene rings is 1. The van der Waals surface area contributed by atoms with Crippen molar-refractivity contribution in [2.75, 3.05) is 5.75 Å². The monoisotopic (exact) mass is 268 g/mol. The average molecular weight is 268 g/mol. The van der Waals surface area contributed by atoms with E-state index in [2.05, 4.69) is 0 Å². The lowest BCUT2D eigenvalue weighted by Gasteiger charge is -2.10. The molecule has 0 atom stereocenters. The van der Waals surface area contributed by atoms with E-state index in [0.29, 0.717) is 18.1 Å². The third kappa shape index (κ3) is 3.48. The van der Waals surface area contributed by atoms with Crippen molar-refractivity contribution in [3.8, 4) is 5.75 Å². The molecular weight excluding hydrogens is 248 g/mol. The van der Waals surface area contributed by atoms with Crippen LogP contribution in [0.4, 0.5) is 0 Å². The van der Waals surface area contributed by atoms with Gasteiger partial charge in [0.25, 0.3) is 0 Å². The van der Waals surface area contributed by atoms with Gasteiger partial charge in [0.1, 0.15) is 5.75 Å². The first-order valence-corrected chi connectivity index (χ1v) is 8.20. The van der Waals surface area contributed by atoms with Gasteiger partial charge in [-0.25, -0.2) is 0 Å². The minimum Gasteiger partial charge on any atom is -0.382 e. The zero-order valence-electron chi connectivity index (χ0n) is 10.8. The second kappa shape index (κ2) is 5.74. The van der Waals surface area contributed by atoms with Gasteiger partial charge in [-0.3, -0.25) is 0 Å². The van der Waals surface area contributed by atoms with E-state index < -0.39 is 10.1 Å². The molecule has 0 bridgehead atoms. The van der Waals surface area contributed by atoms with E-state index in [-0.39, 0.29) is 5.75 Å². The molecule has 100 valence electrons. The van der Waals surface area contributed by atoms with Crippen LogP contribution in [0.3, 0.4) is 0 Å². The second-order valence-electron chi connectivity index (χ2n) is 4.90. The first-order valence-electron chi connectivity index (χ1n) is 6.63. The van der Waals surface area contributed by atoms with Crippen LogP contribution >= 0.6 is 0 Å². The van der Waals surface area contributed by atoms with Crippen molar-refractivity contribution in [3.05, 3.63) is 29.8 Å². The second-order valence-corrected chi connectivity index (χ2v) is 6.59. The fourth-order valence-corrected chi connectivity index (χ4v) is 3.48. The van der Waals surface area contributed by atoms with Gasteiger partial charge in [-0.15, -0.1) is 0 Å². The van der Waals surface area contributed by atoms with Crippen LogP contribution in [0.5, 0.6) is 5.75 Å². The van der Waals surface area contributed by atoms with Gasteiger partial charge in [0.15, 0.2) is 0 Å². The predicted octanol–water partition coefficient (Wildman–Crippen LogP) is 3.46. The zero-order valence-corrected chi connectivity index (χ0v) is 11.6. The highest BCUT2D eigenvalue weighted by Crippen LogP contribution is 2.34. The van der Waals surface area contributed by atoms with Gasteiger partial charge < -0.3 is 4.18 Å². The van der Waals surface area contributed by atoms with Crippen LogP contribution in [0.15, 0.2) is 24.3 Å². The third-order valence-electron chi connectivity index (χ3n) is 3.38. The van der Waals surface area contributed by atoms with Crippen molar-refractivity contribution in [2.24, 2.45) is 0 Å². The Hall–Kier alpha value is -1.03. The van der Waals surface area contributed by atoms with Crippen molar-refractivity contribution in [3.63, 3.8) is 0 Å². The highest BCUT2D eigenvalue weighted by molar-refractivity contribution is 7.87. The molecule has 0 spiro atoms. The molecule has 1 saturated carbocycles. The Morgan fingerprint density at radius 2 is 1.78 bits per heavy atom. The summed E-state index contributed by atoms with van der Waals surface area (Å²) < 4.78 is 28.1. The smallest absolute Gasteiger partial charge is 0.309 e. The fourth-order valence-electron chi connectivity index (χ4n) is 2.49. The van der Waals surface area contributed by atoms with Gasteiger partial charge in [-0.2, -0.15) is 8.42 Å². The lowest BCUT2D eigenvalue weighted by Crippen LogP contribution is -2.13. The molecule has 0 aromatic heterocycles. The predicted molar refractivity (Wildman–Crippen MR) is 72.4 cm³/mol.